The van der Waals surface area contributed by atoms with Crippen molar-refractivity contribution in [3.05, 3.63) is 22.4 Å². The zero-order valence-corrected chi connectivity index (χ0v) is 11.9. The summed E-state index contributed by atoms with van der Waals surface area (Å²) in [7, 11) is 0. The second kappa shape index (κ2) is 4.90. The van der Waals surface area contributed by atoms with Crippen LogP contribution in [0.25, 0.3) is 0 Å². The quantitative estimate of drug-likeness (QED) is 0.787. The standard InChI is InChI=1S/C13H15N3O3S/c1-8-12(18)16-5-4-15(7-9(16)11(17)14-8)13(19)10-3-2-6-20-10/h2-3,6,8-9H,4-5,7H2,1H3,(H,14,17)/t8-,9+/m1/s1. The van der Waals surface area contributed by atoms with Gasteiger partial charge in [-0.2, -0.15) is 0 Å². The Bertz CT molecular complexity index is 557. The monoisotopic (exact) mass is 293 g/mol. The van der Waals surface area contributed by atoms with Crippen molar-refractivity contribution in [2.45, 2.75) is 19.0 Å². The number of hydrogen-bond donors (Lipinski definition) is 1. The zero-order chi connectivity index (χ0) is 14.3. The molecule has 3 heterocycles. The van der Waals surface area contributed by atoms with Crippen LogP contribution in [0.15, 0.2) is 17.5 Å². The normalized spacial score (nSPS) is 26.2. The summed E-state index contributed by atoms with van der Waals surface area (Å²) in [6.07, 6.45) is 0. The molecule has 1 aromatic rings. The summed E-state index contributed by atoms with van der Waals surface area (Å²) in [5, 5.41) is 4.51. The molecular formula is C13H15N3O3S. The third-order valence-electron chi connectivity index (χ3n) is 3.71. The number of thiophene rings is 1. The molecule has 0 aromatic carbocycles. The number of hydrogen-bond acceptors (Lipinski definition) is 4. The van der Waals surface area contributed by atoms with Gasteiger partial charge in [-0.15, -0.1) is 11.3 Å². The van der Waals surface area contributed by atoms with Gasteiger partial charge in [0, 0.05) is 13.1 Å². The first-order valence-electron chi connectivity index (χ1n) is 6.51. The van der Waals surface area contributed by atoms with Gasteiger partial charge in [0.1, 0.15) is 12.1 Å². The van der Waals surface area contributed by atoms with Crippen molar-refractivity contribution in [3.63, 3.8) is 0 Å². The topological polar surface area (TPSA) is 69.7 Å². The van der Waals surface area contributed by atoms with Gasteiger partial charge in [-0.1, -0.05) is 6.07 Å². The van der Waals surface area contributed by atoms with Crippen LogP contribution >= 0.6 is 11.3 Å². The molecule has 0 radical (unpaired) electrons. The van der Waals surface area contributed by atoms with E-state index < -0.39 is 12.1 Å². The van der Waals surface area contributed by atoms with Crippen LogP contribution in [0.4, 0.5) is 0 Å². The molecule has 2 aliphatic heterocycles. The summed E-state index contributed by atoms with van der Waals surface area (Å²) in [5.74, 6) is -0.322. The lowest BCUT2D eigenvalue weighted by atomic mass is 10.0. The van der Waals surface area contributed by atoms with E-state index in [2.05, 4.69) is 5.32 Å². The van der Waals surface area contributed by atoms with Crippen LogP contribution in [0, 0.1) is 0 Å². The van der Waals surface area contributed by atoms with Crippen LogP contribution in [0.1, 0.15) is 16.6 Å². The number of carbonyl (C=O) groups excluding carboxylic acids is 3. The Labute approximate surface area is 120 Å². The van der Waals surface area contributed by atoms with Gasteiger partial charge in [-0.25, -0.2) is 0 Å². The summed E-state index contributed by atoms with van der Waals surface area (Å²) < 4.78 is 0. The highest BCUT2D eigenvalue weighted by atomic mass is 32.1. The van der Waals surface area contributed by atoms with Crippen molar-refractivity contribution in [2.75, 3.05) is 19.6 Å². The summed E-state index contributed by atoms with van der Waals surface area (Å²) in [6, 6.07) is 2.56. The van der Waals surface area contributed by atoms with Gasteiger partial charge in [0.25, 0.3) is 5.91 Å². The Morgan fingerprint density at radius 3 is 2.90 bits per heavy atom. The van der Waals surface area contributed by atoms with Gasteiger partial charge in [-0.3, -0.25) is 14.4 Å². The molecule has 2 saturated heterocycles. The number of fused-ring (bicyclic) bond motifs is 1. The predicted octanol–water partition coefficient (Wildman–Crippen LogP) is -0.0806. The van der Waals surface area contributed by atoms with E-state index in [4.69, 9.17) is 0 Å². The minimum absolute atomic E-state index is 0.0708. The Morgan fingerprint density at radius 1 is 1.40 bits per heavy atom. The van der Waals surface area contributed by atoms with Crippen LogP contribution in [0.2, 0.25) is 0 Å². The maximum absolute atomic E-state index is 12.3. The van der Waals surface area contributed by atoms with Crippen molar-refractivity contribution < 1.29 is 14.4 Å². The molecule has 0 bridgehead atoms. The number of nitrogens with one attached hydrogen (secondary N) is 1. The highest BCUT2D eigenvalue weighted by Gasteiger charge is 2.42. The highest BCUT2D eigenvalue weighted by molar-refractivity contribution is 7.12. The molecule has 0 unspecified atom stereocenters. The fourth-order valence-corrected chi connectivity index (χ4v) is 3.32. The minimum Gasteiger partial charge on any atom is -0.343 e. The van der Waals surface area contributed by atoms with E-state index in [1.54, 1.807) is 22.8 Å². The average Bonchev–Trinajstić information content (AvgIpc) is 2.98. The van der Waals surface area contributed by atoms with Gasteiger partial charge < -0.3 is 15.1 Å². The fourth-order valence-electron chi connectivity index (χ4n) is 2.63. The van der Waals surface area contributed by atoms with Crippen molar-refractivity contribution in [1.82, 2.24) is 15.1 Å². The van der Waals surface area contributed by atoms with Crippen molar-refractivity contribution in [1.29, 1.82) is 0 Å². The lowest BCUT2D eigenvalue weighted by Gasteiger charge is -2.44. The van der Waals surface area contributed by atoms with Crippen molar-refractivity contribution in [3.8, 4) is 0 Å². The zero-order valence-electron chi connectivity index (χ0n) is 11.0. The third-order valence-corrected chi connectivity index (χ3v) is 4.57. The minimum atomic E-state index is -0.559. The summed E-state index contributed by atoms with van der Waals surface area (Å²) >= 11 is 1.38. The number of amides is 3. The fraction of sp³-hybridized carbons (Fsp3) is 0.462. The molecule has 0 aliphatic carbocycles. The Kier molecular flexibility index (Phi) is 3.21. The van der Waals surface area contributed by atoms with Crippen LogP contribution in [-0.4, -0.2) is 59.2 Å². The van der Waals surface area contributed by atoms with Gasteiger partial charge in [0.15, 0.2) is 0 Å². The summed E-state index contributed by atoms with van der Waals surface area (Å²) in [6.45, 7) is 2.83. The molecule has 20 heavy (non-hydrogen) atoms. The maximum atomic E-state index is 12.3. The van der Waals surface area contributed by atoms with E-state index in [0.29, 0.717) is 18.0 Å². The molecule has 1 aromatic heterocycles. The molecule has 0 saturated carbocycles. The summed E-state index contributed by atoms with van der Waals surface area (Å²) in [5.41, 5.74) is 0. The number of rotatable bonds is 1. The van der Waals surface area contributed by atoms with Gasteiger partial charge in [-0.05, 0) is 18.4 Å². The SMILES string of the molecule is C[C@H]1NC(=O)[C@@H]2CN(C(=O)c3cccs3)CCN2C1=O. The Balaban J connectivity index is 1.76. The maximum Gasteiger partial charge on any atom is 0.264 e. The summed E-state index contributed by atoms with van der Waals surface area (Å²) in [4.78, 5) is 40.2. The van der Waals surface area contributed by atoms with Gasteiger partial charge >= 0.3 is 0 Å². The van der Waals surface area contributed by atoms with E-state index in [1.807, 2.05) is 11.4 Å². The number of piperazine rings is 2. The molecular weight excluding hydrogens is 278 g/mol. The Hall–Kier alpha value is -1.89. The van der Waals surface area contributed by atoms with E-state index >= 15 is 0 Å². The lowest BCUT2D eigenvalue weighted by Crippen LogP contribution is -2.69. The van der Waals surface area contributed by atoms with Crippen LogP contribution in [0.5, 0.6) is 0 Å². The van der Waals surface area contributed by atoms with Gasteiger partial charge in [0.2, 0.25) is 11.8 Å². The molecule has 2 aliphatic rings. The van der Waals surface area contributed by atoms with E-state index in [0.717, 1.165) is 0 Å². The molecule has 2 fully saturated rings. The van der Waals surface area contributed by atoms with Crippen molar-refractivity contribution in [2.24, 2.45) is 0 Å². The molecule has 2 atom stereocenters. The van der Waals surface area contributed by atoms with Crippen LogP contribution < -0.4 is 5.32 Å². The number of nitrogens with zero attached hydrogens (tertiary/aromatic N) is 2. The van der Waals surface area contributed by atoms with Crippen LogP contribution in [-0.2, 0) is 9.59 Å². The highest BCUT2D eigenvalue weighted by Crippen LogP contribution is 2.19. The second-order valence-corrected chi connectivity index (χ2v) is 5.95. The molecule has 0 spiro atoms. The lowest BCUT2D eigenvalue weighted by molar-refractivity contribution is -0.151. The molecule has 1 N–H and O–H groups in total. The van der Waals surface area contributed by atoms with Crippen LogP contribution in [0.3, 0.4) is 0 Å². The smallest absolute Gasteiger partial charge is 0.264 e. The van der Waals surface area contributed by atoms with E-state index in [-0.39, 0.29) is 24.3 Å². The first-order chi connectivity index (χ1) is 9.58. The molecule has 3 rings (SSSR count). The van der Waals surface area contributed by atoms with Gasteiger partial charge in [0.05, 0.1) is 11.4 Å². The Morgan fingerprint density at radius 2 is 2.20 bits per heavy atom. The third kappa shape index (κ3) is 2.07. The van der Waals surface area contributed by atoms with Crippen molar-refractivity contribution >= 4 is 29.1 Å². The van der Waals surface area contributed by atoms with E-state index in [1.165, 1.54) is 11.3 Å². The van der Waals surface area contributed by atoms with E-state index in [9.17, 15) is 14.4 Å². The first-order valence-corrected chi connectivity index (χ1v) is 7.39. The average molecular weight is 293 g/mol. The first kappa shape index (κ1) is 13.1. The largest absolute Gasteiger partial charge is 0.343 e. The predicted molar refractivity (Wildman–Crippen MR) is 73.3 cm³/mol. The molecule has 3 amide bonds. The second-order valence-electron chi connectivity index (χ2n) is 5.01. The molecule has 6 nitrogen and oxygen atoms in total. The number of carbonyl (C=O) groups is 3. The molecule has 106 valence electrons. The molecule has 7 heteroatoms.